The molecular formula is C25H39NO3. The number of carbonyl (C=O) groups is 1. The first-order valence-electron chi connectivity index (χ1n) is 11.4. The minimum Gasteiger partial charge on any atom is -0.476 e. The van der Waals surface area contributed by atoms with Crippen LogP contribution in [0.1, 0.15) is 79.6 Å². The quantitative estimate of drug-likeness (QED) is 0.569. The largest absolute Gasteiger partial charge is 0.476 e. The molecule has 2 fully saturated rings. The van der Waals surface area contributed by atoms with Crippen LogP contribution in [0.15, 0.2) is 24.3 Å². The van der Waals surface area contributed by atoms with E-state index in [-0.39, 0.29) is 5.97 Å². The van der Waals surface area contributed by atoms with Gasteiger partial charge in [-0.15, -0.1) is 0 Å². The number of carbonyl (C=O) groups excluding carboxylic acids is 1. The van der Waals surface area contributed by atoms with Crippen molar-refractivity contribution in [2.75, 3.05) is 18.0 Å². The van der Waals surface area contributed by atoms with Crippen LogP contribution >= 0.6 is 0 Å². The molecule has 0 spiro atoms. The predicted octanol–water partition coefficient (Wildman–Crippen LogP) is 5.98. The highest BCUT2D eigenvalue weighted by Gasteiger charge is 2.35. The highest BCUT2D eigenvalue weighted by molar-refractivity contribution is 5.79. The van der Waals surface area contributed by atoms with Crippen LogP contribution < -0.4 is 9.64 Å². The second kappa shape index (κ2) is 8.97. The van der Waals surface area contributed by atoms with Gasteiger partial charge in [-0.25, -0.2) is 4.79 Å². The number of rotatable bonds is 5. The average Bonchev–Trinajstić information content (AvgIpc) is 2.67. The molecule has 2 aliphatic rings. The van der Waals surface area contributed by atoms with E-state index in [0.29, 0.717) is 0 Å². The van der Waals surface area contributed by atoms with Gasteiger partial charge in [0.25, 0.3) is 0 Å². The van der Waals surface area contributed by atoms with Gasteiger partial charge in [0.1, 0.15) is 11.4 Å². The molecule has 1 heterocycles. The summed E-state index contributed by atoms with van der Waals surface area (Å²) in [6.45, 7) is 11.4. The van der Waals surface area contributed by atoms with Crippen LogP contribution in [0.5, 0.6) is 5.75 Å². The van der Waals surface area contributed by atoms with Crippen molar-refractivity contribution in [1.29, 1.82) is 0 Å². The first-order chi connectivity index (χ1) is 13.6. The van der Waals surface area contributed by atoms with E-state index in [1.165, 1.54) is 50.6 Å². The summed E-state index contributed by atoms with van der Waals surface area (Å²) >= 11 is 0. The van der Waals surface area contributed by atoms with Crippen molar-refractivity contribution >= 4 is 11.7 Å². The van der Waals surface area contributed by atoms with E-state index in [9.17, 15) is 4.79 Å². The fraction of sp³-hybridized carbons (Fsp3) is 0.720. The molecule has 0 radical (unpaired) electrons. The minimum absolute atomic E-state index is 0.342. The Balaban J connectivity index is 1.66. The molecule has 1 aromatic carbocycles. The van der Waals surface area contributed by atoms with Crippen LogP contribution in [0.4, 0.5) is 5.69 Å². The summed E-state index contributed by atoms with van der Waals surface area (Å²) < 4.78 is 11.6. The first kappa shape index (κ1) is 22.0. The molecular weight excluding hydrogens is 362 g/mol. The van der Waals surface area contributed by atoms with E-state index in [4.69, 9.17) is 9.47 Å². The summed E-state index contributed by atoms with van der Waals surface area (Å²) in [5.41, 5.74) is -0.358. The zero-order chi connectivity index (χ0) is 21.1. The van der Waals surface area contributed by atoms with Gasteiger partial charge in [0.05, 0.1) is 0 Å². The lowest BCUT2D eigenvalue weighted by Crippen LogP contribution is -2.43. The van der Waals surface area contributed by atoms with Gasteiger partial charge in [-0.2, -0.15) is 0 Å². The Morgan fingerprint density at radius 2 is 1.66 bits per heavy atom. The third kappa shape index (κ3) is 6.13. The molecule has 0 amide bonds. The smallest absolute Gasteiger partial charge is 0.350 e. The Bertz CT molecular complexity index is 686. The fourth-order valence-electron chi connectivity index (χ4n) is 4.72. The van der Waals surface area contributed by atoms with Gasteiger partial charge < -0.3 is 14.4 Å². The monoisotopic (exact) mass is 401 g/mol. The molecule has 162 valence electrons. The van der Waals surface area contributed by atoms with E-state index in [2.05, 4.69) is 17.0 Å². The van der Waals surface area contributed by atoms with E-state index >= 15 is 0 Å². The first-order valence-corrected chi connectivity index (χ1v) is 11.4. The summed E-state index contributed by atoms with van der Waals surface area (Å²) in [6.07, 6.45) is 9.67. The normalized spacial score (nSPS) is 21.7. The summed E-state index contributed by atoms with van der Waals surface area (Å²) in [5, 5.41) is 0. The number of hydrogen-bond acceptors (Lipinski definition) is 4. The maximum Gasteiger partial charge on any atom is 0.350 e. The standard InChI is InChI=1S/C25H39NO3/c1-24(2,3)29-23(27)25(4,5)28-22-15-9-14-21(17-22)26-16-10-13-20(18-26)19-11-7-6-8-12-19/h9,14-15,17,19-20H,6-8,10-13,16,18H2,1-5H3. The number of esters is 1. The van der Waals surface area contributed by atoms with E-state index < -0.39 is 11.2 Å². The fourth-order valence-corrected chi connectivity index (χ4v) is 4.72. The lowest BCUT2D eigenvalue weighted by atomic mass is 9.76. The van der Waals surface area contributed by atoms with E-state index in [0.717, 1.165) is 30.7 Å². The topological polar surface area (TPSA) is 38.8 Å². The SMILES string of the molecule is CC(C)(C)OC(=O)C(C)(C)Oc1cccc(N2CCCC(C3CCCCC3)C2)c1. The molecule has 29 heavy (non-hydrogen) atoms. The van der Waals surface area contributed by atoms with Gasteiger partial charge in [0, 0.05) is 24.8 Å². The summed E-state index contributed by atoms with van der Waals surface area (Å²) in [4.78, 5) is 15.0. The number of hydrogen-bond donors (Lipinski definition) is 0. The summed E-state index contributed by atoms with van der Waals surface area (Å²) in [7, 11) is 0. The molecule has 0 N–H and O–H groups in total. The van der Waals surface area contributed by atoms with Gasteiger partial charge in [0.15, 0.2) is 5.60 Å². The molecule has 1 saturated heterocycles. The van der Waals surface area contributed by atoms with Crippen molar-refractivity contribution in [2.24, 2.45) is 11.8 Å². The second-order valence-electron chi connectivity index (χ2n) is 10.4. The maximum absolute atomic E-state index is 12.5. The predicted molar refractivity (Wildman–Crippen MR) is 119 cm³/mol. The van der Waals surface area contributed by atoms with Crippen molar-refractivity contribution in [3.63, 3.8) is 0 Å². The van der Waals surface area contributed by atoms with Gasteiger partial charge in [-0.05, 0) is 71.4 Å². The second-order valence-corrected chi connectivity index (χ2v) is 10.4. The zero-order valence-electron chi connectivity index (χ0n) is 19.0. The molecule has 0 bridgehead atoms. The molecule has 4 nitrogen and oxygen atoms in total. The Hall–Kier alpha value is -1.71. The van der Waals surface area contributed by atoms with Crippen molar-refractivity contribution in [2.45, 2.75) is 90.8 Å². The van der Waals surface area contributed by atoms with Crippen molar-refractivity contribution in [3.05, 3.63) is 24.3 Å². The van der Waals surface area contributed by atoms with Crippen molar-refractivity contribution in [1.82, 2.24) is 0 Å². The molecule has 1 saturated carbocycles. The summed E-state index contributed by atoms with van der Waals surface area (Å²) in [6, 6.07) is 8.20. The van der Waals surface area contributed by atoms with Crippen LogP contribution in [0.2, 0.25) is 0 Å². The van der Waals surface area contributed by atoms with Crippen LogP contribution in [-0.2, 0) is 9.53 Å². The minimum atomic E-state index is -1.03. The number of nitrogens with zero attached hydrogens (tertiary/aromatic N) is 1. The van der Waals surface area contributed by atoms with Gasteiger partial charge in [-0.3, -0.25) is 0 Å². The Morgan fingerprint density at radius 1 is 0.966 bits per heavy atom. The molecule has 1 atom stereocenters. The van der Waals surface area contributed by atoms with Crippen LogP contribution in [0.3, 0.4) is 0 Å². The van der Waals surface area contributed by atoms with E-state index in [1.54, 1.807) is 13.8 Å². The molecule has 1 aromatic rings. The highest BCUT2D eigenvalue weighted by Crippen LogP contribution is 2.36. The lowest BCUT2D eigenvalue weighted by molar-refractivity contribution is -0.170. The summed E-state index contributed by atoms with van der Waals surface area (Å²) in [5.74, 6) is 2.09. The number of piperidine rings is 1. The third-order valence-electron chi connectivity index (χ3n) is 6.22. The lowest BCUT2D eigenvalue weighted by Gasteiger charge is -2.39. The molecule has 1 unspecified atom stereocenters. The van der Waals surface area contributed by atoms with Gasteiger partial charge in [-0.1, -0.05) is 38.2 Å². The van der Waals surface area contributed by atoms with Gasteiger partial charge >= 0.3 is 5.97 Å². The third-order valence-corrected chi connectivity index (χ3v) is 6.22. The van der Waals surface area contributed by atoms with Crippen LogP contribution in [0, 0.1) is 11.8 Å². The Morgan fingerprint density at radius 3 is 2.34 bits per heavy atom. The molecule has 0 aromatic heterocycles. The number of benzene rings is 1. The molecule has 3 rings (SSSR count). The Labute approximate surface area is 177 Å². The van der Waals surface area contributed by atoms with Crippen molar-refractivity contribution in [3.8, 4) is 5.75 Å². The maximum atomic E-state index is 12.5. The molecule has 1 aliphatic heterocycles. The molecule has 1 aliphatic carbocycles. The van der Waals surface area contributed by atoms with E-state index in [1.807, 2.05) is 32.9 Å². The molecule has 4 heteroatoms. The number of anilines is 1. The highest BCUT2D eigenvalue weighted by atomic mass is 16.6. The number of ether oxygens (including phenoxy) is 2. The van der Waals surface area contributed by atoms with Crippen LogP contribution in [0.25, 0.3) is 0 Å². The Kier molecular flexibility index (Phi) is 6.80. The van der Waals surface area contributed by atoms with Crippen LogP contribution in [-0.4, -0.2) is 30.3 Å². The van der Waals surface area contributed by atoms with Gasteiger partial charge in [0.2, 0.25) is 0 Å². The zero-order valence-corrected chi connectivity index (χ0v) is 19.0. The van der Waals surface area contributed by atoms with Crippen molar-refractivity contribution < 1.29 is 14.3 Å². The average molecular weight is 402 g/mol.